The third-order valence-electron chi connectivity index (χ3n) is 4.88. The van der Waals surface area contributed by atoms with Gasteiger partial charge in [-0.1, -0.05) is 37.3 Å². The first kappa shape index (κ1) is 16.5. The lowest BCUT2D eigenvalue weighted by molar-refractivity contribution is -0.136. The standard InChI is InChI=1S/C18H22N2O4/c1-2-14-15(10-19-16(14)21)17(22)20-13(11-24-18(20)23)9-8-12-6-4-3-5-7-12/h3-7,13-15H,2,8-11H2,1H3,(H,19,21)/t13-,14+,15?/m1/s1. The van der Waals surface area contributed by atoms with E-state index in [-0.39, 0.29) is 30.4 Å². The van der Waals surface area contributed by atoms with Crippen LogP contribution in [0.3, 0.4) is 0 Å². The summed E-state index contributed by atoms with van der Waals surface area (Å²) in [5, 5.41) is 2.72. The second-order valence-corrected chi connectivity index (χ2v) is 6.33. The van der Waals surface area contributed by atoms with E-state index in [4.69, 9.17) is 4.74 Å². The number of ether oxygens (including phenoxy) is 1. The van der Waals surface area contributed by atoms with Gasteiger partial charge in [0.15, 0.2) is 0 Å². The van der Waals surface area contributed by atoms with Gasteiger partial charge in [0, 0.05) is 6.54 Å². The fourth-order valence-electron chi connectivity index (χ4n) is 3.50. The highest BCUT2D eigenvalue weighted by Gasteiger charge is 2.46. The molecular formula is C18H22N2O4. The van der Waals surface area contributed by atoms with Crippen LogP contribution in [0.2, 0.25) is 0 Å². The van der Waals surface area contributed by atoms with Gasteiger partial charge in [-0.05, 0) is 24.8 Å². The zero-order chi connectivity index (χ0) is 17.1. The van der Waals surface area contributed by atoms with Crippen LogP contribution < -0.4 is 5.32 Å². The van der Waals surface area contributed by atoms with Gasteiger partial charge in [0.1, 0.15) is 6.61 Å². The molecule has 1 unspecified atom stereocenters. The Kier molecular flexibility index (Phi) is 4.83. The number of nitrogens with one attached hydrogen (secondary N) is 1. The van der Waals surface area contributed by atoms with Crippen molar-refractivity contribution in [2.75, 3.05) is 13.2 Å². The highest BCUT2D eigenvalue weighted by Crippen LogP contribution is 2.27. The Hall–Kier alpha value is -2.37. The summed E-state index contributed by atoms with van der Waals surface area (Å²) in [5.41, 5.74) is 1.16. The molecule has 2 fully saturated rings. The van der Waals surface area contributed by atoms with E-state index in [0.29, 0.717) is 19.4 Å². The third kappa shape index (κ3) is 3.13. The van der Waals surface area contributed by atoms with Crippen molar-refractivity contribution in [2.45, 2.75) is 32.2 Å². The SMILES string of the molecule is CC[C@@H]1C(=O)NCC1C(=O)N1C(=O)OC[C@H]1CCc1ccccc1. The number of benzene rings is 1. The molecule has 2 aliphatic heterocycles. The predicted molar refractivity (Wildman–Crippen MR) is 87.0 cm³/mol. The van der Waals surface area contributed by atoms with Crippen LogP contribution in [-0.2, 0) is 20.7 Å². The Balaban J connectivity index is 1.69. The lowest BCUT2D eigenvalue weighted by atomic mass is 9.91. The monoisotopic (exact) mass is 330 g/mol. The molecule has 0 saturated carbocycles. The van der Waals surface area contributed by atoms with Crippen molar-refractivity contribution in [2.24, 2.45) is 11.8 Å². The van der Waals surface area contributed by atoms with Gasteiger partial charge in [0.2, 0.25) is 11.8 Å². The highest BCUT2D eigenvalue weighted by molar-refractivity contribution is 5.98. The Morgan fingerprint density at radius 1 is 1.29 bits per heavy atom. The number of carbonyl (C=O) groups excluding carboxylic acids is 3. The fraction of sp³-hybridized carbons (Fsp3) is 0.500. The summed E-state index contributed by atoms with van der Waals surface area (Å²) in [6, 6.07) is 9.67. The van der Waals surface area contributed by atoms with Crippen molar-refractivity contribution < 1.29 is 19.1 Å². The van der Waals surface area contributed by atoms with Crippen molar-refractivity contribution in [3.63, 3.8) is 0 Å². The van der Waals surface area contributed by atoms with Crippen molar-refractivity contribution in [3.05, 3.63) is 35.9 Å². The van der Waals surface area contributed by atoms with Gasteiger partial charge < -0.3 is 10.1 Å². The van der Waals surface area contributed by atoms with Crippen molar-refractivity contribution >= 4 is 17.9 Å². The molecule has 1 N–H and O–H groups in total. The average Bonchev–Trinajstić information content (AvgIpc) is 3.15. The van der Waals surface area contributed by atoms with Gasteiger partial charge in [-0.25, -0.2) is 9.69 Å². The topological polar surface area (TPSA) is 75.7 Å². The van der Waals surface area contributed by atoms with E-state index in [1.54, 1.807) is 0 Å². The molecule has 0 aliphatic carbocycles. The number of imide groups is 1. The van der Waals surface area contributed by atoms with E-state index >= 15 is 0 Å². The smallest absolute Gasteiger partial charge is 0.416 e. The zero-order valence-electron chi connectivity index (χ0n) is 13.7. The molecule has 0 bridgehead atoms. The second-order valence-electron chi connectivity index (χ2n) is 6.33. The van der Waals surface area contributed by atoms with Crippen LogP contribution in [-0.4, -0.2) is 42.0 Å². The predicted octanol–water partition coefficient (Wildman–Crippen LogP) is 1.74. The van der Waals surface area contributed by atoms with E-state index < -0.39 is 12.0 Å². The molecule has 2 saturated heterocycles. The number of amides is 3. The van der Waals surface area contributed by atoms with Gasteiger partial charge in [0.05, 0.1) is 17.9 Å². The molecule has 1 aromatic carbocycles. The minimum Gasteiger partial charge on any atom is -0.447 e. The van der Waals surface area contributed by atoms with Crippen LogP contribution in [0.1, 0.15) is 25.3 Å². The molecule has 6 heteroatoms. The molecule has 0 aromatic heterocycles. The van der Waals surface area contributed by atoms with E-state index in [2.05, 4.69) is 5.32 Å². The van der Waals surface area contributed by atoms with E-state index in [1.807, 2.05) is 37.3 Å². The van der Waals surface area contributed by atoms with Gasteiger partial charge >= 0.3 is 6.09 Å². The first-order chi connectivity index (χ1) is 11.6. The summed E-state index contributed by atoms with van der Waals surface area (Å²) in [5.74, 6) is -1.24. The zero-order valence-corrected chi connectivity index (χ0v) is 13.7. The van der Waals surface area contributed by atoms with E-state index in [0.717, 1.165) is 12.0 Å². The molecule has 24 heavy (non-hydrogen) atoms. The first-order valence-corrected chi connectivity index (χ1v) is 8.43. The van der Waals surface area contributed by atoms with E-state index in [9.17, 15) is 14.4 Å². The normalized spacial score (nSPS) is 26.4. The van der Waals surface area contributed by atoms with Crippen molar-refractivity contribution in [1.82, 2.24) is 10.2 Å². The summed E-state index contributed by atoms with van der Waals surface area (Å²) in [6.07, 6.45) is 1.42. The quantitative estimate of drug-likeness (QED) is 0.892. The number of cyclic esters (lactones) is 1. The van der Waals surface area contributed by atoms with Crippen LogP contribution in [0, 0.1) is 11.8 Å². The van der Waals surface area contributed by atoms with Crippen molar-refractivity contribution in [1.29, 1.82) is 0 Å². The minimum absolute atomic E-state index is 0.107. The fourth-order valence-corrected chi connectivity index (χ4v) is 3.50. The minimum atomic E-state index is -0.590. The van der Waals surface area contributed by atoms with Crippen LogP contribution >= 0.6 is 0 Å². The maximum absolute atomic E-state index is 12.8. The Morgan fingerprint density at radius 3 is 2.75 bits per heavy atom. The first-order valence-electron chi connectivity index (χ1n) is 8.43. The molecule has 3 amide bonds. The Bertz CT molecular complexity index is 631. The summed E-state index contributed by atoms with van der Waals surface area (Å²) < 4.78 is 5.10. The third-order valence-corrected chi connectivity index (χ3v) is 4.88. The molecule has 0 radical (unpaired) electrons. The Labute approximate surface area is 141 Å². The summed E-state index contributed by atoms with van der Waals surface area (Å²) in [4.78, 5) is 37.9. The Morgan fingerprint density at radius 2 is 2.04 bits per heavy atom. The lowest BCUT2D eigenvalue weighted by Crippen LogP contribution is -2.44. The molecular weight excluding hydrogens is 308 g/mol. The number of rotatable bonds is 5. The van der Waals surface area contributed by atoms with Crippen molar-refractivity contribution in [3.8, 4) is 0 Å². The van der Waals surface area contributed by atoms with Crippen LogP contribution in [0.15, 0.2) is 30.3 Å². The number of aryl methyl sites for hydroxylation is 1. The molecule has 128 valence electrons. The number of carbonyl (C=O) groups is 3. The van der Waals surface area contributed by atoms with E-state index in [1.165, 1.54) is 4.90 Å². The molecule has 6 nitrogen and oxygen atoms in total. The number of hydrogen-bond acceptors (Lipinski definition) is 4. The summed E-state index contributed by atoms with van der Waals surface area (Å²) in [7, 11) is 0. The largest absolute Gasteiger partial charge is 0.447 e. The number of hydrogen-bond donors (Lipinski definition) is 1. The van der Waals surface area contributed by atoms with Crippen LogP contribution in [0.5, 0.6) is 0 Å². The molecule has 0 spiro atoms. The summed E-state index contributed by atoms with van der Waals surface area (Å²) >= 11 is 0. The highest BCUT2D eigenvalue weighted by atomic mass is 16.6. The maximum Gasteiger partial charge on any atom is 0.416 e. The number of nitrogens with zero attached hydrogens (tertiary/aromatic N) is 1. The second kappa shape index (κ2) is 7.03. The summed E-state index contributed by atoms with van der Waals surface area (Å²) in [6.45, 7) is 2.40. The molecule has 2 aliphatic rings. The molecule has 2 heterocycles. The average molecular weight is 330 g/mol. The van der Waals surface area contributed by atoms with Gasteiger partial charge in [0.25, 0.3) is 0 Å². The lowest BCUT2D eigenvalue weighted by Gasteiger charge is -2.24. The maximum atomic E-state index is 12.8. The van der Waals surface area contributed by atoms with Crippen LogP contribution in [0.4, 0.5) is 4.79 Å². The molecule has 1 aromatic rings. The van der Waals surface area contributed by atoms with Gasteiger partial charge in [-0.3, -0.25) is 9.59 Å². The van der Waals surface area contributed by atoms with Crippen LogP contribution in [0.25, 0.3) is 0 Å². The molecule has 3 rings (SSSR count). The van der Waals surface area contributed by atoms with Gasteiger partial charge in [-0.15, -0.1) is 0 Å². The van der Waals surface area contributed by atoms with Gasteiger partial charge in [-0.2, -0.15) is 0 Å². The molecule has 3 atom stereocenters.